The third-order valence-corrected chi connectivity index (χ3v) is 3.93. The van der Waals surface area contributed by atoms with Crippen molar-refractivity contribution in [2.24, 2.45) is 0 Å². The lowest BCUT2D eigenvalue weighted by atomic mass is 9.98. The Morgan fingerprint density at radius 3 is 2.39 bits per heavy atom. The van der Waals surface area contributed by atoms with Crippen LogP contribution < -0.4 is 4.74 Å². The molecule has 23 heavy (non-hydrogen) atoms. The summed E-state index contributed by atoms with van der Waals surface area (Å²) in [5, 5.41) is 9.51. The van der Waals surface area contributed by atoms with Gasteiger partial charge in [0, 0.05) is 16.8 Å². The first kappa shape index (κ1) is 15.0. The molecular formula is C19H14N2OS. The highest BCUT2D eigenvalue weighted by Gasteiger charge is 2.13. The van der Waals surface area contributed by atoms with Crippen LogP contribution in [0.4, 0.5) is 0 Å². The van der Waals surface area contributed by atoms with Gasteiger partial charge in [-0.15, -0.1) is 0 Å². The Hall–Kier alpha value is -2.90. The quantitative estimate of drug-likeness (QED) is 0.694. The monoisotopic (exact) mass is 318 g/mol. The van der Waals surface area contributed by atoms with E-state index >= 15 is 0 Å². The second-order valence-electron chi connectivity index (χ2n) is 4.98. The Morgan fingerprint density at radius 1 is 1.00 bits per heavy atom. The Bertz CT molecular complexity index is 940. The molecule has 0 unspecified atom stereocenters. The number of pyridine rings is 1. The lowest BCUT2D eigenvalue weighted by Crippen LogP contribution is -1.95. The van der Waals surface area contributed by atoms with E-state index < -0.39 is 0 Å². The summed E-state index contributed by atoms with van der Waals surface area (Å²) < 4.78 is 5.86. The number of nitrogens with zero attached hydrogens (tertiary/aromatic N) is 1. The summed E-state index contributed by atoms with van der Waals surface area (Å²) in [7, 11) is 1.62. The highest BCUT2D eigenvalue weighted by atomic mass is 32.1. The SMILES string of the molecule is COc1ccccc1-c1cc(-c2ccccc2)[nH]c(=S)c1C#N. The van der Waals surface area contributed by atoms with Crippen molar-refractivity contribution < 1.29 is 4.74 Å². The van der Waals surface area contributed by atoms with Crippen LogP contribution in [0.2, 0.25) is 0 Å². The number of rotatable bonds is 3. The van der Waals surface area contributed by atoms with E-state index in [2.05, 4.69) is 11.1 Å². The molecule has 0 aliphatic rings. The summed E-state index contributed by atoms with van der Waals surface area (Å²) in [6.45, 7) is 0. The zero-order chi connectivity index (χ0) is 16.2. The van der Waals surface area contributed by atoms with Gasteiger partial charge in [-0.2, -0.15) is 5.26 Å². The maximum Gasteiger partial charge on any atom is 0.126 e. The highest BCUT2D eigenvalue weighted by Crippen LogP contribution is 2.34. The van der Waals surface area contributed by atoms with Crippen molar-refractivity contribution >= 4 is 12.2 Å². The number of methoxy groups -OCH3 is 1. The minimum atomic E-state index is 0.426. The van der Waals surface area contributed by atoms with Crippen LogP contribution in [0.3, 0.4) is 0 Å². The average Bonchev–Trinajstić information content (AvgIpc) is 2.61. The summed E-state index contributed by atoms with van der Waals surface area (Å²) in [6.07, 6.45) is 0. The number of nitriles is 1. The van der Waals surface area contributed by atoms with Gasteiger partial charge in [0.1, 0.15) is 16.5 Å². The zero-order valence-corrected chi connectivity index (χ0v) is 13.4. The van der Waals surface area contributed by atoms with Crippen LogP contribution in [-0.4, -0.2) is 12.1 Å². The summed E-state index contributed by atoms with van der Waals surface area (Å²) in [6, 6.07) is 21.7. The van der Waals surface area contributed by atoms with Crippen molar-refractivity contribution in [1.29, 1.82) is 5.26 Å². The molecule has 0 aliphatic heterocycles. The number of nitrogens with one attached hydrogen (secondary N) is 1. The minimum absolute atomic E-state index is 0.426. The fraction of sp³-hybridized carbons (Fsp3) is 0.0526. The second kappa shape index (κ2) is 6.47. The maximum atomic E-state index is 9.51. The average molecular weight is 318 g/mol. The number of ether oxygens (including phenoxy) is 1. The molecule has 0 saturated heterocycles. The first-order valence-corrected chi connectivity index (χ1v) is 7.51. The fourth-order valence-corrected chi connectivity index (χ4v) is 2.79. The molecule has 0 spiro atoms. The number of benzene rings is 2. The highest BCUT2D eigenvalue weighted by molar-refractivity contribution is 7.71. The summed E-state index contributed by atoms with van der Waals surface area (Å²) in [5.74, 6) is 0.712. The molecule has 1 heterocycles. The van der Waals surface area contributed by atoms with Gasteiger partial charge in [-0.1, -0.05) is 60.7 Å². The summed E-state index contributed by atoms with van der Waals surface area (Å²) >= 11 is 5.39. The Morgan fingerprint density at radius 2 is 1.70 bits per heavy atom. The predicted molar refractivity (Wildman–Crippen MR) is 93.8 cm³/mol. The molecule has 4 heteroatoms. The number of aromatic amines is 1. The molecule has 112 valence electrons. The first-order chi connectivity index (χ1) is 11.2. The normalized spacial score (nSPS) is 10.1. The maximum absolute atomic E-state index is 9.51. The van der Waals surface area contributed by atoms with Gasteiger partial charge in [0.05, 0.1) is 12.7 Å². The molecule has 3 aromatic rings. The van der Waals surface area contributed by atoms with Gasteiger partial charge in [0.15, 0.2) is 0 Å². The van der Waals surface area contributed by atoms with Gasteiger partial charge in [-0.05, 0) is 17.7 Å². The smallest absolute Gasteiger partial charge is 0.126 e. The molecule has 2 aromatic carbocycles. The molecule has 0 bridgehead atoms. The van der Waals surface area contributed by atoms with Gasteiger partial charge in [-0.3, -0.25) is 0 Å². The molecule has 0 fully saturated rings. The number of hydrogen-bond donors (Lipinski definition) is 1. The largest absolute Gasteiger partial charge is 0.496 e. The van der Waals surface area contributed by atoms with Crippen LogP contribution in [-0.2, 0) is 0 Å². The van der Waals surface area contributed by atoms with Gasteiger partial charge in [0.2, 0.25) is 0 Å². The van der Waals surface area contributed by atoms with E-state index in [9.17, 15) is 5.26 Å². The van der Waals surface area contributed by atoms with Crippen molar-refractivity contribution in [2.45, 2.75) is 0 Å². The van der Waals surface area contributed by atoms with Crippen molar-refractivity contribution in [1.82, 2.24) is 4.98 Å². The lowest BCUT2D eigenvalue weighted by Gasteiger charge is -2.12. The van der Waals surface area contributed by atoms with Gasteiger partial charge in [0.25, 0.3) is 0 Å². The topological polar surface area (TPSA) is 48.8 Å². The molecule has 0 radical (unpaired) electrons. The standard InChI is InChI=1S/C19H14N2OS/c1-22-18-10-6-5-9-14(18)15-11-17(13-7-3-2-4-8-13)21-19(23)16(15)12-20/h2-11H,1H3,(H,21,23). The minimum Gasteiger partial charge on any atom is -0.496 e. The van der Waals surface area contributed by atoms with E-state index in [0.29, 0.717) is 16.0 Å². The van der Waals surface area contributed by atoms with E-state index in [0.717, 1.165) is 22.4 Å². The van der Waals surface area contributed by atoms with Crippen molar-refractivity contribution in [3.8, 4) is 34.2 Å². The molecular weight excluding hydrogens is 304 g/mol. The van der Waals surface area contributed by atoms with Crippen LogP contribution in [0.1, 0.15) is 5.56 Å². The molecule has 0 aliphatic carbocycles. The van der Waals surface area contributed by atoms with Gasteiger partial charge < -0.3 is 9.72 Å². The second-order valence-corrected chi connectivity index (χ2v) is 5.39. The van der Waals surface area contributed by atoms with Gasteiger partial charge in [-0.25, -0.2) is 0 Å². The van der Waals surface area contributed by atoms with Gasteiger partial charge >= 0.3 is 0 Å². The summed E-state index contributed by atoms with van der Waals surface area (Å²) in [5.41, 5.74) is 3.95. The first-order valence-electron chi connectivity index (χ1n) is 7.11. The number of H-pyrrole nitrogens is 1. The third-order valence-electron chi connectivity index (χ3n) is 3.63. The predicted octanol–water partition coefficient (Wildman–Crippen LogP) is 4.96. The molecule has 1 N–H and O–H groups in total. The fourth-order valence-electron chi connectivity index (χ4n) is 2.52. The van der Waals surface area contributed by atoms with E-state index in [4.69, 9.17) is 17.0 Å². The molecule has 1 aromatic heterocycles. The van der Waals surface area contributed by atoms with Crippen molar-refractivity contribution in [3.05, 3.63) is 70.9 Å². The third kappa shape index (κ3) is 2.87. The van der Waals surface area contributed by atoms with Crippen LogP contribution in [0.5, 0.6) is 5.75 Å². The van der Waals surface area contributed by atoms with E-state index in [-0.39, 0.29) is 0 Å². The van der Waals surface area contributed by atoms with Crippen LogP contribution in [0.25, 0.3) is 22.4 Å². The Balaban J connectivity index is 2.30. The summed E-state index contributed by atoms with van der Waals surface area (Å²) in [4.78, 5) is 3.14. The van der Waals surface area contributed by atoms with Crippen LogP contribution in [0.15, 0.2) is 60.7 Å². The number of hydrogen-bond acceptors (Lipinski definition) is 3. The lowest BCUT2D eigenvalue weighted by molar-refractivity contribution is 0.416. The van der Waals surface area contributed by atoms with E-state index in [1.807, 2.05) is 60.7 Å². The molecule has 0 amide bonds. The number of para-hydroxylation sites is 1. The number of aromatic nitrogens is 1. The molecule has 3 nitrogen and oxygen atoms in total. The molecule has 0 atom stereocenters. The Kier molecular flexibility index (Phi) is 4.22. The Labute approximate surface area is 139 Å². The van der Waals surface area contributed by atoms with Crippen LogP contribution in [0, 0.1) is 16.0 Å². The molecule has 3 rings (SSSR count). The molecule has 0 saturated carbocycles. The van der Waals surface area contributed by atoms with Crippen molar-refractivity contribution in [2.75, 3.05) is 7.11 Å². The van der Waals surface area contributed by atoms with Crippen molar-refractivity contribution in [3.63, 3.8) is 0 Å². The zero-order valence-electron chi connectivity index (χ0n) is 12.5. The van der Waals surface area contributed by atoms with E-state index in [1.165, 1.54) is 0 Å². The van der Waals surface area contributed by atoms with Crippen LogP contribution >= 0.6 is 12.2 Å². The van der Waals surface area contributed by atoms with E-state index in [1.54, 1.807) is 7.11 Å².